The molecule has 0 atom stereocenters. The normalized spacial score (nSPS) is 10.1. The molecule has 0 aliphatic rings. The van der Waals surface area contributed by atoms with E-state index in [2.05, 4.69) is 10.9 Å². The lowest BCUT2D eigenvalue weighted by atomic mass is 10.2. The van der Waals surface area contributed by atoms with Crippen LogP contribution in [0.25, 0.3) is 0 Å². The molecule has 6 heteroatoms. The number of benzene rings is 1. The Morgan fingerprint density at radius 2 is 1.90 bits per heavy atom. The van der Waals surface area contributed by atoms with Crippen molar-refractivity contribution < 1.29 is 9.59 Å². The molecular formula is C15H15ClN2O2S. The summed E-state index contributed by atoms with van der Waals surface area (Å²) in [5.41, 5.74) is 5.09. The van der Waals surface area contributed by atoms with Crippen LogP contribution in [0.5, 0.6) is 0 Å². The van der Waals surface area contributed by atoms with E-state index in [0.717, 1.165) is 12.8 Å². The Bertz CT molecular complexity index is 614. The van der Waals surface area contributed by atoms with Gasteiger partial charge in [0.25, 0.3) is 5.91 Å². The Balaban J connectivity index is 1.71. The Morgan fingerprint density at radius 3 is 2.62 bits per heavy atom. The summed E-state index contributed by atoms with van der Waals surface area (Å²) in [5.74, 6) is -0.640. The average molecular weight is 323 g/mol. The van der Waals surface area contributed by atoms with Gasteiger partial charge in [-0.15, -0.1) is 11.3 Å². The molecule has 4 nitrogen and oxygen atoms in total. The van der Waals surface area contributed by atoms with Crippen molar-refractivity contribution in [3.8, 4) is 0 Å². The van der Waals surface area contributed by atoms with E-state index in [9.17, 15) is 9.59 Å². The maximum Gasteiger partial charge on any atom is 0.271 e. The Kier molecular flexibility index (Phi) is 5.78. The van der Waals surface area contributed by atoms with Crippen molar-refractivity contribution in [3.63, 3.8) is 0 Å². The van der Waals surface area contributed by atoms with Gasteiger partial charge >= 0.3 is 0 Å². The number of hydrazine groups is 1. The van der Waals surface area contributed by atoms with Crippen LogP contribution in [0.1, 0.15) is 28.1 Å². The van der Waals surface area contributed by atoms with Crippen LogP contribution in [0.15, 0.2) is 41.8 Å². The zero-order valence-corrected chi connectivity index (χ0v) is 12.8. The molecule has 0 unspecified atom stereocenters. The summed E-state index contributed by atoms with van der Waals surface area (Å²) in [7, 11) is 0. The van der Waals surface area contributed by atoms with Crippen molar-refractivity contribution >= 4 is 34.8 Å². The van der Waals surface area contributed by atoms with Gasteiger partial charge in [0, 0.05) is 11.3 Å². The molecule has 1 aromatic carbocycles. The fourth-order valence-corrected chi connectivity index (χ4v) is 2.75. The second-order valence-electron chi connectivity index (χ2n) is 4.42. The fraction of sp³-hybridized carbons (Fsp3) is 0.200. The second-order valence-corrected chi connectivity index (χ2v) is 5.85. The third-order valence-corrected chi connectivity index (χ3v) is 4.11. The summed E-state index contributed by atoms with van der Waals surface area (Å²) < 4.78 is 0. The Hall–Kier alpha value is -1.85. The van der Waals surface area contributed by atoms with Gasteiger partial charge in [0.1, 0.15) is 0 Å². The minimum absolute atomic E-state index is 0.216. The molecule has 21 heavy (non-hydrogen) atoms. The lowest BCUT2D eigenvalue weighted by Gasteiger charge is -2.08. The maximum atomic E-state index is 11.8. The van der Waals surface area contributed by atoms with Crippen LogP contribution >= 0.6 is 22.9 Å². The molecule has 0 bridgehead atoms. The van der Waals surface area contributed by atoms with Gasteiger partial charge in [0.15, 0.2) is 0 Å². The number of rotatable bonds is 5. The van der Waals surface area contributed by atoms with Gasteiger partial charge in [0.05, 0.1) is 10.6 Å². The highest BCUT2D eigenvalue weighted by atomic mass is 35.5. The van der Waals surface area contributed by atoms with E-state index in [1.807, 2.05) is 17.5 Å². The van der Waals surface area contributed by atoms with E-state index in [4.69, 9.17) is 11.6 Å². The zero-order valence-electron chi connectivity index (χ0n) is 11.3. The van der Waals surface area contributed by atoms with Crippen molar-refractivity contribution in [2.24, 2.45) is 0 Å². The van der Waals surface area contributed by atoms with Crippen LogP contribution < -0.4 is 10.9 Å². The van der Waals surface area contributed by atoms with Crippen molar-refractivity contribution in [1.82, 2.24) is 10.9 Å². The van der Waals surface area contributed by atoms with Crippen LogP contribution in [0.4, 0.5) is 0 Å². The summed E-state index contributed by atoms with van der Waals surface area (Å²) in [6, 6.07) is 10.7. The summed E-state index contributed by atoms with van der Waals surface area (Å²) in [5, 5.41) is 2.36. The first-order chi connectivity index (χ1) is 10.2. The fourth-order valence-electron chi connectivity index (χ4n) is 1.78. The Morgan fingerprint density at radius 1 is 1.10 bits per heavy atom. The van der Waals surface area contributed by atoms with Gasteiger partial charge in [-0.1, -0.05) is 29.8 Å². The summed E-state index contributed by atoms with van der Waals surface area (Å²) in [4.78, 5) is 24.7. The SMILES string of the molecule is O=C(CCCc1cccs1)NNC(=O)c1ccccc1Cl. The zero-order chi connectivity index (χ0) is 15.1. The number of hydrogen-bond donors (Lipinski definition) is 2. The van der Waals surface area contributed by atoms with Gasteiger partial charge in [-0.05, 0) is 36.4 Å². The van der Waals surface area contributed by atoms with Crippen LogP contribution in [0, 0.1) is 0 Å². The third-order valence-electron chi connectivity index (χ3n) is 2.84. The van der Waals surface area contributed by atoms with Gasteiger partial charge < -0.3 is 0 Å². The lowest BCUT2D eigenvalue weighted by molar-refractivity contribution is -0.121. The van der Waals surface area contributed by atoms with E-state index in [-0.39, 0.29) is 5.91 Å². The van der Waals surface area contributed by atoms with Crippen molar-refractivity contribution in [1.29, 1.82) is 0 Å². The molecule has 1 heterocycles. The average Bonchev–Trinajstić information content (AvgIpc) is 2.98. The van der Waals surface area contributed by atoms with E-state index < -0.39 is 5.91 Å². The predicted octanol–water partition coefficient (Wildman–Crippen LogP) is 3.19. The minimum Gasteiger partial charge on any atom is -0.273 e. The number of aryl methyl sites for hydroxylation is 1. The molecule has 0 aliphatic carbocycles. The second kappa shape index (κ2) is 7.81. The maximum absolute atomic E-state index is 11.8. The molecule has 2 N–H and O–H groups in total. The number of carbonyl (C=O) groups excluding carboxylic acids is 2. The lowest BCUT2D eigenvalue weighted by Crippen LogP contribution is -2.41. The molecular weight excluding hydrogens is 308 g/mol. The van der Waals surface area contributed by atoms with E-state index >= 15 is 0 Å². The van der Waals surface area contributed by atoms with Gasteiger partial charge in [-0.2, -0.15) is 0 Å². The first-order valence-corrected chi connectivity index (χ1v) is 7.78. The number of halogens is 1. The van der Waals surface area contributed by atoms with Crippen LogP contribution in [-0.4, -0.2) is 11.8 Å². The first kappa shape index (κ1) is 15.5. The van der Waals surface area contributed by atoms with E-state index in [1.54, 1.807) is 35.6 Å². The van der Waals surface area contributed by atoms with Crippen molar-refractivity contribution in [2.45, 2.75) is 19.3 Å². The van der Waals surface area contributed by atoms with Gasteiger partial charge in [-0.25, -0.2) is 0 Å². The monoisotopic (exact) mass is 322 g/mol. The molecule has 0 fully saturated rings. The van der Waals surface area contributed by atoms with E-state index in [1.165, 1.54) is 4.88 Å². The molecule has 2 amide bonds. The number of amides is 2. The van der Waals surface area contributed by atoms with Crippen LogP contribution in [-0.2, 0) is 11.2 Å². The summed E-state index contributed by atoms with van der Waals surface area (Å²) in [6.45, 7) is 0. The molecule has 2 aromatic rings. The van der Waals surface area contributed by atoms with Crippen molar-refractivity contribution in [2.75, 3.05) is 0 Å². The molecule has 110 valence electrons. The first-order valence-electron chi connectivity index (χ1n) is 6.53. The molecule has 0 saturated heterocycles. The standard InChI is InChI=1S/C15H15ClN2O2S/c16-13-8-2-1-7-12(13)15(20)18-17-14(19)9-3-5-11-6-4-10-21-11/h1-2,4,6-8,10H,3,5,9H2,(H,17,19)(H,18,20). The number of nitrogens with one attached hydrogen (secondary N) is 2. The van der Waals surface area contributed by atoms with Gasteiger partial charge in [0.2, 0.25) is 5.91 Å². The molecule has 2 rings (SSSR count). The van der Waals surface area contributed by atoms with E-state index in [0.29, 0.717) is 17.0 Å². The predicted molar refractivity (Wildman–Crippen MR) is 84.3 cm³/mol. The van der Waals surface area contributed by atoms with Crippen LogP contribution in [0.3, 0.4) is 0 Å². The number of thiophene rings is 1. The third kappa shape index (κ3) is 4.88. The molecule has 0 saturated carbocycles. The summed E-state index contributed by atoms with van der Waals surface area (Å²) in [6.07, 6.45) is 1.97. The van der Waals surface area contributed by atoms with Gasteiger partial charge in [-0.3, -0.25) is 20.4 Å². The highest BCUT2D eigenvalue weighted by Gasteiger charge is 2.10. The smallest absolute Gasteiger partial charge is 0.271 e. The quantitative estimate of drug-likeness (QED) is 0.831. The molecule has 0 radical (unpaired) electrons. The highest BCUT2D eigenvalue weighted by molar-refractivity contribution is 7.09. The molecule has 0 aliphatic heterocycles. The Labute approximate surface area is 132 Å². The molecule has 1 aromatic heterocycles. The topological polar surface area (TPSA) is 58.2 Å². The van der Waals surface area contributed by atoms with Crippen LogP contribution in [0.2, 0.25) is 5.02 Å². The number of hydrogen-bond acceptors (Lipinski definition) is 3. The highest BCUT2D eigenvalue weighted by Crippen LogP contribution is 2.14. The minimum atomic E-state index is -0.424. The summed E-state index contributed by atoms with van der Waals surface area (Å²) >= 11 is 7.58. The van der Waals surface area contributed by atoms with Crippen molar-refractivity contribution in [3.05, 3.63) is 57.2 Å². The largest absolute Gasteiger partial charge is 0.273 e. The molecule has 0 spiro atoms. The number of carbonyl (C=O) groups is 2.